The van der Waals surface area contributed by atoms with Gasteiger partial charge in [-0.05, 0) is 35.3 Å². The van der Waals surface area contributed by atoms with Crippen molar-refractivity contribution in [1.29, 1.82) is 0 Å². The van der Waals surface area contributed by atoms with E-state index in [2.05, 4.69) is 35.5 Å². The van der Waals surface area contributed by atoms with Crippen LogP contribution in [0.3, 0.4) is 0 Å². The molecule has 24 heavy (non-hydrogen) atoms. The molecule has 124 valence electrons. The number of para-hydroxylation sites is 1. The lowest BCUT2D eigenvalue weighted by Gasteiger charge is -2.24. The standard InChI is InChI=1S/C16H17FN6O/c17-11-8-4-5-9-12(11)19-14-13(18-10-6-2-1-3-7-10)20-15-16(21-14)23-24-22-15/h4-5,8-10H,1-3,6-7H2,(H,18,20,22)(H,19,21,23). The molecule has 0 saturated heterocycles. The van der Waals surface area contributed by atoms with Gasteiger partial charge >= 0.3 is 0 Å². The van der Waals surface area contributed by atoms with E-state index in [0.29, 0.717) is 29.0 Å². The Labute approximate surface area is 137 Å². The van der Waals surface area contributed by atoms with Crippen molar-refractivity contribution >= 4 is 28.6 Å². The third kappa shape index (κ3) is 2.99. The van der Waals surface area contributed by atoms with Gasteiger partial charge in [-0.2, -0.15) is 0 Å². The molecule has 0 amide bonds. The number of halogens is 1. The zero-order chi connectivity index (χ0) is 16.4. The fourth-order valence-electron chi connectivity index (χ4n) is 2.96. The lowest BCUT2D eigenvalue weighted by Crippen LogP contribution is -2.23. The normalized spacial score (nSPS) is 15.5. The summed E-state index contributed by atoms with van der Waals surface area (Å²) in [4.78, 5) is 8.80. The summed E-state index contributed by atoms with van der Waals surface area (Å²) in [5.41, 5.74) is 0.935. The van der Waals surface area contributed by atoms with Crippen LogP contribution in [0.5, 0.6) is 0 Å². The van der Waals surface area contributed by atoms with Crippen LogP contribution in [0.15, 0.2) is 28.9 Å². The summed E-state index contributed by atoms with van der Waals surface area (Å²) in [5, 5.41) is 13.8. The second kappa shape index (κ2) is 6.38. The largest absolute Gasteiger partial charge is 0.364 e. The highest BCUT2D eigenvalue weighted by molar-refractivity contribution is 5.76. The smallest absolute Gasteiger partial charge is 0.245 e. The van der Waals surface area contributed by atoms with Crippen LogP contribution in [0.4, 0.5) is 21.7 Å². The zero-order valence-corrected chi connectivity index (χ0v) is 13.0. The number of nitrogens with one attached hydrogen (secondary N) is 2. The van der Waals surface area contributed by atoms with Crippen molar-refractivity contribution in [2.75, 3.05) is 10.6 Å². The summed E-state index contributed by atoms with van der Waals surface area (Å²) in [6.45, 7) is 0. The molecule has 0 atom stereocenters. The molecule has 3 aromatic rings. The van der Waals surface area contributed by atoms with E-state index in [4.69, 9.17) is 0 Å². The van der Waals surface area contributed by atoms with Gasteiger partial charge in [-0.25, -0.2) is 19.0 Å². The Hall–Kier alpha value is -2.77. The van der Waals surface area contributed by atoms with Gasteiger partial charge in [-0.3, -0.25) is 0 Å². The summed E-state index contributed by atoms with van der Waals surface area (Å²) in [7, 11) is 0. The Kier molecular flexibility index (Phi) is 3.94. The molecule has 0 radical (unpaired) electrons. The molecular formula is C16H17FN6O. The number of anilines is 3. The molecule has 0 bridgehead atoms. The highest BCUT2D eigenvalue weighted by Gasteiger charge is 2.19. The van der Waals surface area contributed by atoms with Crippen molar-refractivity contribution < 1.29 is 9.02 Å². The first kappa shape index (κ1) is 14.8. The van der Waals surface area contributed by atoms with Gasteiger partial charge in [0.1, 0.15) is 5.82 Å². The fraction of sp³-hybridized carbons (Fsp3) is 0.375. The molecule has 2 N–H and O–H groups in total. The molecule has 2 heterocycles. The van der Waals surface area contributed by atoms with Crippen molar-refractivity contribution in [2.24, 2.45) is 0 Å². The molecule has 0 aliphatic heterocycles. The maximum absolute atomic E-state index is 13.9. The van der Waals surface area contributed by atoms with Crippen LogP contribution in [0.2, 0.25) is 0 Å². The molecule has 8 heteroatoms. The van der Waals surface area contributed by atoms with Crippen LogP contribution < -0.4 is 10.6 Å². The minimum atomic E-state index is -0.360. The van der Waals surface area contributed by atoms with Gasteiger partial charge in [0.25, 0.3) is 0 Å². The van der Waals surface area contributed by atoms with Gasteiger partial charge in [-0.15, -0.1) is 0 Å². The molecule has 1 saturated carbocycles. The maximum atomic E-state index is 13.9. The van der Waals surface area contributed by atoms with Gasteiger partial charge < -0.3 is 10.6 Å². The Balaban J connectivity index is 1.68. The summed E-state index contributed by atoms with van der Waals surface area (Å²) in [6, 6.07) is 6.75. The summed E-state index contributed by atoms with van der Waals surface area (Å²) >= 11 is 0. The number of fused-ring (bicyclic) bond motifs is 1. The van der Waals surface area contributed by atoms with Crippen LogP contribution in [-0.2, 0) is 0 Å². The molecule has 1 aliphatic rings. The number of aromatic nitrogens is 4. The average molecular weight is 328 g/mol. The first-order valence-corrected chi connectivity index (χ1v) is 8.08. The molecule has 7 nitrogen and oxygen atoms in total. The summed E-state index contributed by atoms with van der Waals surface area (Å²) < 4.78 is 18.6. The highest BCUT2D eigenvalue weighted by Crippen LogP contribution is 2.28. The minimum Gasteiger partial charge on any atom is -0.364 e. The molecule has 4 rings (SSSR count). The first-order valence-electron chi connectivity index (χ1n) is 8.08. The number of nitrogens with zero attached hydrogens (tertiary/aromatic N) is 4. The number of hydrogen-bond donors (Lipinski definition) is 2. The monoisotopic (exact) mass is 328 g/mol. The summed E-state index contributed by atoms with van der Waals surface area (Å²) in [6.07, 6.45) is 5.80. The van der Waals surface area contributed by atoms with Crippen molar-refractivity contribution in [2.45, 2.75) is 38.1 Å². The van der Waals surface area contributed by atoms with E-state index in [0.717, 1.165) is 12.8 Å². The molecular weight excluding hydrogens is 311 g/mol. The molecule has 1 fully saturated rings. The van der Waals surface area contributed by atoms with Crippen molar-refractivity contribution in [3.63, 3.8) is 0 Å². The van der Waals surface area contributed by atoms with Gasteiger partial charge in [0.15, 0.2) is 11.6 Å². The third-order valence-corrected chi connectivity index (χ3v) is 4.19. The molecule has 2 aromatic heterocycles. The third-order valence-electron chi connectivity index (χ3n) is 4.19. The van der Waals surface area contributed by atoms with Crippen molar-refractivity contribution in [1.82, 2.24) is 20.3 Å². The summed E-state index contributed by atoms with van der Waals surface area (Å²) in [5.74, 6) is 0.587. The average Bonchev–Trinajstić information content (AvgIpc) is 3.05. The van der Waals surface area contributed by atoms with Crippen LogP contribution in [0, 0.1) is 5.82 Å². The molecule has 0 spiro atoms. The van der Waals surface area contributed by atoms with Crippen LogP contribution in [0.1, 0.15) is 32.1 Å². The van der Waals surface area contributed by atoms with Crippen LogP contribution >= 0.6 is 0 Å². The SMILES string of the molecule is Fc1ccccc1Nc1nc2nonc2nc1NC1CCCCC1. The van der Waals surface area contributed by atoms with Gasteiger partial charge in [0.2, 0.25) is 11.3 Å². The second-order valence-electron chi connectivity index (χ2n) is 5.92. The lowest BCUT2D eigenvalue weighted by atomic mass is 9.95. The predicted molar refractivity (Wildman–Crippen MR) is 87.6 cm³/mol. The van der Waals surface area contributed by atoms with E-state index in [-0.39, 0.29) is 11.5 Å². The Morgan fingerprint density at radius 2 is 1.67 bits per heavy atom. The lowest BCUT2D eigenvalue weighted by molar-refractivity contribution is 0.314. The van der Waals surface area contributed by atoms with Crippen molar-refractivity contribution in [3.8, 4) is 0 Å². The van der Waals surface area contributed by atoms with E-state index in [1.54, 1.807) is 18.2 Å². The van der Waals surface area contributed by atoms with Crippen molar-refractivity contribution in [3.05, 3.63) is 30.1 Å². The minimum absolute atomic E-state index is 0.281. The Morgan fingerprint density at radius 1 is 0.958 bits per heavy atom. The predicted octanol–water partition coefficient (Wildman–Crippen LogP) is 3.64. The van der Waals surface area contributed by atoms with Gasteiger partial charge in [0, 0.05) is 6.04 Å². The number of benzene rings is 1. The van der Waals surface area contributed by atoms with Gasteiger partial charge in [-0.1, -0.05) is 31.4 Å². The van der Waals surface area contributed by atoms with E-state index in [1.807, 2.05) is 0 Å². The molecule has 0 unspecified atom stereocenters. The van der Waals surface area contributed by atoms with E-state index >= 15 is 0 Å². The first-order chi connectivity index (χ1) is 11.8. The Morgan fingerprint density at radius 3 is 2.42 bits per heavy atom. The number of hydrogen-bond acceptors (Lipinski definition) is 7. The topological polar surface area (TPSA) is 88.8 Å². The van der Waals surface area contributed by atoms with Crippen LogP contribution in [0.25, 0.3) is 11.3 Å². The second-order valence-corrected chi connectivity index (χ2v) is 5.92. The highest BCUT2D eigenvalue weighted by atomic mass is 19.1. The maximum Gasteiger partial charge on any atom is 0.245 e. The van der Waals surface area contributed by atoms with E-state index in [1.165, 1.54) is 25.3 Å². The van der Waals surface area contributed by atoms with Crippen LogP contribution in [-0.4, -0.2) is 26.3 Å². The van der Waals surface area contributed by atoms with E-state index < -0.39 is 0 Å². The fourth-order valence-corrected chi connectivity index (χ4v) is 2.96. The quantitative estimate of drug-likeness (QED) is 0.755. The molecule has 1 aromatic carbocycles. The van der Waals surface area contributed by atoms with E-state index in [9.17, 15) is 4.39 Å². The molecule has 1 aliphatic carbocycles. The number of rotatable bonds is 4. The zero-order valence-electron chi connectivity index (χ0n) is 13.0. The van der Waals surface area contributed by atoms with Gasteiger partial charge in [0.05, 0.1) is 5.69 Å². The Bertz CT molecular complexity index is 845.